The number of carbonyl (C=O) groups is 1. The van der Waals surface area contributed by atoms with Gasteiger partial charge in [-0.25, -0.2) is 4.79 Å². The van der Waals surface area contributed by atoms with E-state index in [0.29, 0.717) is 12.8 Å². The average molecular weight is 222 g/mol. The fourth-order valence-corrected chi connectivity index (χ4v) is 1.38. The number of rotatable bonds is 5. The Labute approximate surface area is 96.1 Å². The van der Waals surface area contributed by atoms with Crippen LogP contribution in [0.3, 0.4) is 0 Å². The molecule has 0 aliphatic carbocycles. The molecule has 1 atom stereocenters. The lowest BCUT2D eigenvalue weighted by molar-refractivity contribution is -0.157. The van der Waals surface area contributed by atoms with Gasteiger partial charge in [0, 0.05) is 0 Å². The van der Waals surface area contributed by atoms with Crippen LogP contribution in [0.2, 0.25) is 0 Å². The zero-order chi connectivity index (χ0) is 12.0. The molecule has 16 heavy (non-hydrogen) atoms. The van der Waals surface area contributed by atoms with E-state index in [1.54, 1.807) is 13.8 Å². The molecule has 0 saturated carbocycles. The van der Waals surface area contributed by atoms with Crippen molar-refractivity contribution in [2.45, 2.75) is 38.9 Å². The maximum atomic E-state index is 11.3. The van der Waals surface area contributed by atoms with Crippen molar-refractivity contribution < 1.29 is 14.6 Å². The molecule has 0 unspecified atom stereocenters. The van der Waals surface area contributed by atoms with Crippen molar-refractivity contribution in [2.75, 3.05) is 0 Å². The van der Waals surface area contributed by atoms with E-state index >= 15 is 0 Å². The van der Waals surface area contributed by atoms with Crippen molar-refractivity contribution in [3.05, 3.63) is 35.9 Å². The minimum atomic E-state index is -1.03. The molecule has 0 saturated heterocycles. The molecule has 0 aliphatic heterocycles. The molecule has 0 heterocycles. The number of aliphatic hydroxyl groups is 1. The summed E-state index contributed by atoms with van der Waals surface area (Å²) in [6.45, 7) is 3.53. The first-order valence-corrected chi connectivity index (χ1v) is 5.52. The average Bonchev–Trinajstić information content (AvgIpc) is 2.26. The van der Waals surface area contributed by atoms with Crippen LogP contribution in [-0.2, 0) is 16.0 Å². The molecular weight excluding hydrogens is 204 g/mol. The molecule has 0 radical (unpaired) electrons. The quantitative estimate of drug-likeness (QED) is 0.774. The molecule has 0 aromatic heterocycles. The van der Waals surface area contributed by atoms with Gasteiger partial charge in [-0.2, -0.15) is 0 Å². The van der Waals surface area contributed by atoms with E-state index < -0.39 is 12.1 Å². The van der Waals surface area contributed by atoms with E-state index in [1.165, 1.54) is 0 Å². The molecule has 1 aromatic carbocycles. The fraction of sp³-hybridized carbons (Fsp3) is 0.462. The van der Waals surface area contributed by atoms with Crippen molar-refractivity contribution in [1.82, 2.24) is 0 Å². The number of hydrogen-bond donors (Lipinski definition) is 1. The zero-order valence-electron chi connectivity index (χ0n) is 9.72. The molecule has 0 amide bonds. The van der Waals surface area contributed by atoms with Gasteiger partial charge in [0.05, 0.1) is 6.10 Å². The van der Waals surface area contributed by atoms with Crippen molar-refractivity contribution in [2.24, 2.45) is 0 Å². The monoisotopic (exact) mass is 222 g/mol. The van der Waals surface area contributed by atoms with Crippen LogP contribution in [0, 0.1) is 0 Å². The van der Waals surface area contributed by atoms with Crippen LogP contribution >= 0.6 is 0 Å². The molecular formula is C13H18O3. The molecule has 0 spiro atoms. The van der Waals surface area contributed by atoms with Crippen LogP contribution in [0.25, 0.3) is 0 Å². The number of aryl methyl sites for hydroxylation is 1. The number of benzene rings is 1. The van der Waals surface area contributed by atoms with E-state index in [9.17, 15) is 9.90 Å². The number of esters is 1. The second-order valence-corrected chi connectivity index (χ2v) is 4.03. The van der Waals surface area contributed by atoms with E-state index in [2.05, 4.69) is 0 Å². The third kappa shape index (κ3) is 4.45. The van der Waals surface area contributed by atoms with Crippen molar-refractivity contribution in [1.29, 1.82) is 0 Å². The Balaban J connectivity index is 2.35. The Bertz CT molecular complexity index is 319. The third-order valence-electron chi connectivity index (χ3n) is 2.17. The first kappa shape index (κ1) is 12.7. The largest absolute Gasteiger partial charge is 0.461 e. The van der Waals surface area contributed by atoms with Gasteiger partial charge in [-0.05, 0) is 32.3 Å². The summed E-state index contributed by atoms with van der Waals surface area (Å²) in [6.07, 6.45) is -0.133. The first-order valence-electron chi connectivity index (χ1n) is 5.52. The van der Waals surface area contributed by atoms with E-state index in [0.717, 1.165) is 5.56 Å². The highest BCUT2D eigenvalue weighted by Crippen LogP contribution is 2.06. The second-order valence-electron chi connectivity index (χ2n) is 4.03. The summed E-state index contributed by atoms with van der Waals surface area (Å²) in [6, 6.07) is 9.76. The molecule has 1 aromatic rings. The van der Waals surface area contributed by atoms with Crippen molar-refractivity contribution >= 4 is 5.97 Å². The molecule has 0 fully saturated rings. The topological polar surface area (TPSA) is 46.5 Å². The Morgan fingerprint density at radius 2 is 1.94 bits per heavy atom. The summed E-state index contributed by atoms with van der Waals surface area (Å²) >= 11 is 0. The van der Waals surface area contributed by atoms with Crippen LogP contribution < -0.4 is 0 Å². The predicted octanol–water partition coefficient (Wildman–Crippen LogP) is 1.93. The van der Waals surface area contributed by atoms with Crippen LogP contribution in [0.4, 0.5) is 0 Å². The number of ether oxygens (including phenoxy) is 1. The van der Waals surface area contributed by atoms with Gasteiger partial charge >= 0.3 is 5.97 Å². The smallest absolute Gasteiger partial charge is 0.335 e. The molecule has 0 aliphatic rings. The second kappa shape index (κ2) is 6.28. The van der Waals surface area contributed by atoms with Gasteiger partial charge in [-0.15, -0.1) is 0 Å². The SMILES string of the molecule is CC(C)OC(=O)[C@@H](O)CCc1ccccc1. The van der Waals surface area contributed by atoms with Crippen molar-refractivity contribution in [3.63, 3.8) is 0 Å². The lowest BCUT2D eigenvalue weighted by atomic mass is 10.1. The van der Waals surface area contributed by atoms with Gasteiger partial charge in [-0.1, -0.05) is 30.3 Å². The molecule has 88 valence electrons. The highest BCUT2D eigenvalue weighted by Gasteiger charge is 2.17. The highest BCUT2D eigenvalue weighted by atomic mass is 16.6. The first-order chi connectivity index (χ1) is 7.59. The lowest BCUT2D eigenvalue weighted by Gasteiger charge is -2.12. The third-order valence-corrected chi connectivity index (χ3v) is 2.17. The summed E-state index contributed by atoms with van der Waals surface area (Å²) in [5, 5.41) is 9.55. The van der Waals surface area contributed by atoms with Gasteiger partial charge in [0.2, 0.25) is 0 Å². The number of aliphatic hydroxyl groups excluding tert-OH is 1. The lowest BCUT2D eigenvalue weighted by Crippen LogP contribution is -2.26. The maximum Gasteiger partial charge on any atom is 0.335 e. The Morgan fingerprint density at radius 3 is 2.50 bits per heavy atom. The van der Waals surface area contributed by atoms with Crippen LogP contribution in [0.5, 0.6) is 0 Å². The summed E-state index contributed by atoms with van der Waals surface area (Å²) in [5.41, 5.74) is 1.11. The van der Waals surface area contributed by atoms with Crippen molar-refractivity contribution in [3.8, 4) is 0 Å². The van der Waals surface area contributed by atoms with Gasteiger partial charge in [0.25, 0.3) is 0 Å². The Hall–Kier alpha value is -1.35. The van der Waals surface area contributed by atoms with E-state index in [-0.39, 0.29) is 6.10 Å². The normalized spacial score (nSPS) is 12.5. The number of hydrogen-bond acceptors (Lipinski definition) is 3. The summed E-state index contributed by atoms with van der Waals surface area (Å²) in [5.74, 6) is -0.536. The van der Waals surface area contributed by atoms with E-state index in [1.807, 2.05) is 30.3 Å². The van der Waals surface area contributed by atoms with Crippen LogP contribution in [0.1, 0.15) is 25.8 Å². The number of carbonyl (C=O) groups excluding carboxylic acids is 1. The predicted molar refractivity (Wildman–Crippen MR) is 62.0 cm³/mol. The molecule has 3 heteroatoms. The maximum absolute atomic E-state index is 11.3. The van der Waals surface area contributed by atoms with Crippen LogP contribution in [0.15, 0.2) is 30.3 Å². The van der Waals surface area contributed by atoms with Gasteiger partial charge in [0.1, 0.15) is 0 Å². The zero-order valence-corrected chi connectivity index (χ0v) is 9.72. The summed E-state index contributed by atoms with van der Waals surface area (Å²) < 4.78 is 4.91. The van der Waals surface area contributed by atoms with E-state index in [4.69, 9.17) is 4.74 Å². The molecule has 1 rings (SSSR count). The molecule has 0 bridgehead atoms. The van der Waals surface area contributed by atoms with Gasteiger partial charge in [-0.3, -0.25) is 0 Å². The summed E-state index contributed by atoms with van der Waals surface area (Å²) in [4.78, 5) is 11.3. The van der Waals surface area contributed by atoms with Gasteiger partial charge in [0.15, 0.2) is 6.10 Å². The van der Waals surface area contributed by atoms with Crippen LogP contribution in [-0.4, -0.2) is 23.3 Å². The minimum Gasteiger partial charge on any atom is -0.461 e. The highest BCUT2D eigenvalue weighted by molar-refractivity contribution is 5.74. The molecule has 1 N–H and O–H groups in total. The fourth-order valence-electron chi connectivity index (χ4n) is 1.38. The standard InChI is InChI=1S/C13H18O3/c1-10(2)16-13(15)12(14)9-8-11-6-4-3-5-7-11/h3-7,10,12,14H,8-9H2,1-2H3/t12-/m0/s1. The summed E-state index contributed by atoms with van der Waals surface area (Å²) in [7, 11) is 0. The van der Waals surface area contributed by atoms with Gasteiger partial charge < -0.3 is 9.84 Å². The Kier molecular flexibility index (Phi) is 4.99. The minimum absolute atomic E-state index is 0.182. The molecule has 3 nitrogen and oxygen atoms in total. The Morgan fingerprint density at radius 1 is 1.31 bits per heavy atom.